The zero-order valence-electron chi connectivity index (χ0n) is 16.4. The fourth-order valence-electron chi connectivity index (χ4n) is 2.62. The Bertz CT molecular complexity index is 1070. The summed E-state index contributed by atoms with van der Waals surface area (Å²) in [4.78, 5) is 11.5. The monoisotopic (exact) mass is 532 g/mol. The minimum atomic E-state index is -5.07. The number of alkyl halides is 3. The summed E-state index contributed by atoms with van der Waals surface area (Å²) in [5.74, 6) is -1.33. The minimum absolute atomic E-state index is 0.0306. The lowest BCUT2D eigenvalue weighted by Gasteiger charge is -2.32. The second-order valence-corrected chi connectivity index (χ2v) is 10.3. The van der Waals surface area contributed by atoms with E-state index in [9.17, 15) is 31.5 Å². The normalized spacial score (nSPS) is 14.0. The molecule has 6 nitrogen and oxygen atoms in total. The van der Waals surface area contributed by atoms with E-state index in [1.165, 1.54) is 24.3 Å². The van der Waals surface area contributed by atoms with Gasteiger partial charge in [-0.1, -0.05) is 46.9 Å². The van der Waals surface area contributed by atoms with Crippen molar-refractivity contribution in [3.8, 4) is 0 Å². The van der Waals surface area contributed by atoms with Gasteiger partial charge >= 0.3 is 6.18 Å². The second-order valence-electron chi connectivity index (χ2n) is 7.01. The number of carbonyl (C=O) groups excluding carboxylic acids is 1. The van der Waals surface area contributed by atoms with Crippen molar-refractivity contribution in [1.82, 2.24) is 5.32 Å². The van der Waals surface area contributed by atoms with Crippen LogP contribution in [0.1, 0.15) is 11.1 Å². The summed E-state index contributed by atoms with van der Waals surface area (Å²) in [6.45, 7) is -0.919. The summed E-state index contributed by atoms with van der Waals surface area (Å²) in [6.07, 6.45) is -4.13. The van der Waals surface area contributed by atoms with E-state index in [4.69, 9.17) is 34.8 Å². The van der Waals surface area contributed by atoms with Gasteiger partial charge in [0.15, 0.2) is 9.84 Å². The molecule has 0 saturated carbocycles. The maximum atomic E-state index is 13.7. The number of benzene rings is 2. The van der Waals surface area contributed by atoms with Crippen molar-refractivity contribution in [3.05, 3.63) is 62.6 Å². The van der Waals surface area contributed by atoms with Gasteiger partial charge in [-0.3, -0.25) is 4.79 Å². The van der Waals surface area contributed by atoms with E-state index in [0.29, 0.717) is 5.56 Å². The number of hydrogen-bond donors (Lipinski definition) is 3. The molecule has 2 aromatic carbocycles. The summed E-state index contributed by atoms with van der Waals surface area (Å²) in [5, 5.41) is 14.8. The molecule has 0 radical (unpaired) electrons. The predicted molar refractivity (Wildman–Crippen MR) is 118 cm³/mol. The molecule has 0 bridgehead atoms. The van der Waals surface area contributed by atoms with Crippen LogP contribution < -0.4 is 10.6 Å². The van der Waals surface area contributed by atoms with Crippen molar-refractivity contribution in [3.63, 3.8) is 0 Å². The Labute approximate surface area is 197 Å². The molecule has 0 saturated heterocycles. The first kappa shape index (κ1) is 26.5. The van der Waals surface area contributed by atoms with Gasteiger partial charge in [0.05, 0.1) is 21.6 Å². The van der Waals surface area contributed by atoms with Gasteiger partial charge < -0.3 is 15.7 Å². The molecule has 1 amide bonds. The Morgan fingerprint density at radius 3 is 2.06 bits per heavy atom. The third kappa shape index (κ3) is 6.89. The summed E-state index contributed by atoms with van der Waals surface area (Å²) in [6, 6.07) is 7.71. The van der Waals surface area contributed by atoms with Crippen molar-refractivity contribution < 1.29 is 31.5 Å². The first-order valence-corrected chi connectivity index (χ1v) is 12.0. The Balaban J connectivity index is 2.12. The van der Waals surface area contributed by atoms with E-state index in [0.717, 1.165) is 18.4 Å². The van der Waals surface area contributed by atoms with Crippen LogP contribution in [0.3, 0.4) is 0 Å². The highest BCUT2D eigenvalue weighted by Gasteiger charge is 2.55. The summed E-state index contributed by atoms with van der Waals surface area (Å²) >= 11 is 17.4. The summed E-state index contributed by atoms with van der Waals surface area (Å²) < 4.78 is 63.3. The van der Waals surface area contributed by atoms with E-state index in [2.05, 4.69) is 10.6 Å². The Morgan fingerprint density at radius 1 is 1.06 bits per heavy atom. The quantitative estimate of drug-likeness (QED) is 0.443. The lowest BCUT2D eigenvalue weighted by Crippen LogP contribution is -2.47. The zero-order chi connectivity index (χ0) is 24.3. The Hall–Kier alpha value is -1.72. The van der Waals surface area contributed by atoms with Crippen LogP contribution in [0, 0.1) is 0 Å². The van der Waals surface area contributed by atoms with Gasteiger partial charge in [0.25, 0.3) is 0 Å². The smallest absolute Gasteiger partial charge is 0.381 e. The van der Waals surface area contributed by atoms with E-state index in [1.807, 2.05) is 0 Å². The molecular weight excluding hydrogens is 516 g/mol. The molecule has 0 spiro atoms. The molecule has 13 heteroatoms. The predicted octanol–water partition coefficient (Wildman–Crippen LogP) is 4.17. The van der Waals surface area contributed by atoms with Crippen LogP contribution >= 0.6 is 34.8 Å². The number of hydrogen-bond acceptors (Lipinski definition) is 5. The van der Waals surface area contributed by atoms with Crippen molar-refractivity contribution in [2.24, 2.45) is 0 Å². The molecule has 0 aliphatic rings. The van der Waals surface area contributed by atoms with Crippen LogP contribution in [0.2, 0.25) is 15.1 Å². The molecule has 176 valence electrons. The number of sulfone groups is 1. The number of amides is 1. The first-order valence-electron chi connectivity index (χ1n) is 8.84. The third-order valence-electron chi connectivity index (χ3n) is 4.32. The molecule has 0 aliphatic heterocycles. The van der Waals surface area contributed by atoms with Crippen molar-refractivity contribution in [1.29, 1.82) is 0 Å². The molecule has 0 heterocycles. The number of nitrogens with one attached hydrogen (secondary N) is 2. The maximum absolute atomic E-state index is 13.7. The molecule has 0 aromatic heterocycles. The number of anilines is 1. The molecular formula is C19H18Cl3F3N2O4S. The molecule has 32 heavy (non-hydrogen) atoms. The molecule has 3 N–H and O–H groups in total. The van der Waals surface area contributed by atoms with Gasteiger partial charge in [-0.05, 0) is 35.4 Å². The standard InChI is InChI=1S/C19H18Cl3F3N2O4S/c1-32(30,31)9-16(28)26-8-11-2-4-13(5-3-11)27-10-18(29,19(23,24)25)12-6-14(20)17(22)15(21)7-12/h2-7,27,29H,8-10H2,1H3,(H,26,28)/t18-/m1/s1. The van der Waals surface area contributed by atoms with E-state index in [1.54, 1.807) is 0 Å². The fraction of sp³-hybridized carbons (Fsp3) is 0.316. The van der Waals surface area contributed by atoms with Crippen LogP contribution in [-0.4, -0.2) is 44.2 Å². The van der Waals surface area contributed by atoms with E-state index >= 15 is 0 Å². The maximum Gasteiger partial charge on any atom is 0.423 e. The molecule has 2 rings (SSSR count). The first-order chi connectivity index (χ1) is 14.6. The van der Waals surface area contributed by atoms with Crippen molar-refractivity contribution >= 4 is 56.2 Å². The van der Waals surface area contributed by atoms with Crippen molar-refractivity contribution in [2.75, 3.05) is 23.9 Å². The molecule has 0 unspecified atom stereocenters. The van der Waals surface area contributed by atoms with Gasteiger partial charge in [0, 0.05) is 18.5 Å². The fourth-order valence-corrected chi connectivity index (χ4v) is 3.79. The lowest BCUT2D eigenvalue weighted by atomic mass is 9.92. The van der Waals surface area contributed by atoms with Crippen molar-refractivity contribution in [2.45, 2.75) is 18.3 Å². The topological polar surface area (TPSA) is 95.5 Å². The van der Waals surface area contributed by atoms with Gasteiger partial charge in [-0.2, -0.15) is 13.2 Å². The van der Waals surface area contributed by atoms with Crippen LogP contribution in [-0.2, 0) is 26.8 Å². The average molecular weight is 534 g/mol. The second kappa shape index (κ2) is 10.0. The third-order valence-corrected chi connectivity index (χ3v) is 6.30. The SMILES string of the molecule is CS(=O)(=O)CC(=O)NCc1ccc(NC[C@@](O)(c2cc(Cl)c(Cl)c(Cl)c2)C(F)(F)F)cc1. The minimum Gasteiger partial charge on any atom is -0.381 e. The largest absolute Gasteiger partial charge is 0.423 e. The Morgan fingerprint density at radius 2 is 1.59 bits per heavy atom. The van der Waals surface area contributed by atoms with Gasteiger partial charge in [-0.25, -0.2) is 8.42 Å². The van der Waals surface area contributed by atoms with E-state index in [-0.39, 0.29) is 27.3 Å². The number of rotatable bonds is 8. The highest BCUT2D eigenvalue weighted by atomic mass is 35.5. The molecule has 2 aromatic rings. The van der Waals surface area contributed by atoms with Gasteiger partial charge in [0.2, 0.25) is 11.5 Å². The highest BCUT2D eigenvalue weighted by molar-refractivity contribution is 7.91. The van der Waals surface area contributed by atoms with Crippen LogP contribution in [0.15, 0.2) is 36.4 Å². The summed E-state index contributed by atoms with van der Waals surface area (Å²) in [7, 11) is -3.46. The molecule has 0 fully saturated rings. The zero-order valence-corrected chi connectivity index (χ0v) is 19.5. The van der Waals surface area contributed by atoms with Gasteiger partial charge in [-0.15, -0.1) is 0 Å². The Kier molecular flexibility index (Phi) is 8.33. The summed E-state index contributed by atoms with van der Waals surface area (Å²) in [5.41, 5.74) is -3.06. The van der Waals surface area contributed by atoms with E-state index < -0.39 is 45.4 Å². The number of aliphatic hydroxyl groups is 1. The van der Waals surface area contributed by atoms with Gasteiger partial charge in [0.1, 0.15) is 5.75 Å². The van der Waals surface area contributed by atoms with Crippen LogP contribution in [0.5, 0.6) is 0 Å². The molecule has 0 aliphatic carbocycles. The lowest BCUT2D eigenvalue weighted by molar-refractivity contribution is -0.260. The average Bonchev–Trinajstić information content (AvgIpc) is 2.66. The van der Waals surface area contributed by atoms with Crippen LogP contribution in [0.4, 0.5) is 18.9 Å². The molecule has 1 atom stereocenters. The van der Waals surface area contributed by atoms with Crippen LogP contribution in [0.25, 0.3) is 0 Å². The number of halogens is 6. The highest BCUT2D eigenvalue weighted by Crippen LogP contribution is 2.43. The number of carbonyl (C=O) groups is 1.